The number of H-pyrrole nitrogens is 2. The van der Waals surface area contributed by atoms with E-state index in [9.17, 15) is 4.79 Å². The summed E-state index contributed by atoms with van der Waals surface area (Å²) < 4.78 is 0. The second-order valence-corrected chi connectivity index (χ2v) is 5.09. The highest BCUT2D eigenvalue weighted by molar-refractivity contribution is 7.13. The van der Waals surface area contributed by atoms with Crippen molar-refractivity contribution in [2.75, 3.05) is 0 Å². The van der Waals surface area contributed by atoms with E-state index in [0.29, 0.717) is 16.9 Å². The Kier molecular flexibility index (Phi) is 3.45. The smallest absolute Gasteiger partial charge is 0.292 e. The highest BCUT2D eigenvalue weighted by Gasteiger charge is 2.12. The summed E-state index contributed by atoms with van der Waals surface area (Å²) in [6.45, 7) is 0. The molecule has 102 valence electrons. The van der Waals surface area contributed by atoms with Gasteiger partial charge in [0.05, 0.1) is 22.2 Å². The Labute approximate surface area is 123 Å². The maximum Gasteiger partial charge on any atom is 0.292 e. The molecule has 3 aromatic rings. The molecule has 0 spiro atoms. The molecule has 0 amide bonds. The van der Waals surface area contributed by atoms with Gasteiger partial charge >= 0.3 is 0 Å². The minimum atomic E-state index is -0.323. The van der Waals surface area contributed by atoms with Crippen molar-refractivity contribution in [1.29, 1.82) is 5.26 Å². The van der Waals surface area contributed by atoms with Gasteiger partial charge in [-0.25, -0.2) is 0 Å². The first-order chi connectivity index (χ1) is 10.3. The topological polar surface area (TPSA) is 97.2 Å². The first kappa shape index (κ1) is 13.0. The van der Waals surface area contributed by atoms with E-state index in [0.717, 1.165) is 4.88 Å². The van der Waals surface area contributed by atoms with Crippen LogP contribution in [-0.4, -0.2) is 10.2 Å². The minimum absolute atomic E-state index is 0.238. The van der Waals surface area contributed by atoms with E-state index in [1.165, 1.54) is 11.3 Å². The van der Waals surface area contributed by atoms with Crippen molar-refractivity contribution in [2.24, 2.45) is 10.2 Å². The van der Waals surface area contributed by atoms with Crippen LogP contribution in [0.4, 0.5) is 11.4 Å². The molecule has 0 atom stereocenters. The Morgan fingerprint density at radius 2 is 1.90 bits per heavy atom. The van der Waals surface area contributed by atoms with Gasteiger partial charge in [0, 0.05) is 0 Å². The molecule has 0 bridgehead atoms. The van der Waals surface area contributed by atoms with Gasteiger partial charge < -0.3 is 0 Å². The number of benzene rings is 1. The van der Waals surface area contributed by atoms with Gasteiger partial charge in [0.1, 0.15) is 5.69 Å². The normalized spacial score (nSPS) is 10.8. The zero-order valence-corrected chi connectivity index (χ0v) is 11.5. The second kappa shape index (κ2) is 5.56. The van der Waals surface area contributed by atoms with E-state index < -0.39 is 0 Å². The van der Waals surface area contributed by atoms with Gasteiger partial charge in [-0.15, -0.1) is 16.5 Å². The fraction of sp³-hybridized carbons (Fsp3) is 0. The monoisotopic (exact) mass is 295 g/mol. The Hall–Kier alpha value is -2.98. The third-order valence-corrected chi connectivity index (χ3v) is 3.67. The van der Waals surface area contributed by atoms with Crippen molar-refractivity contribution < 1.29 is 0 Å². The molecule has 0 fully saturated rings. The summed E-state index contributed by atoms with van der Waals surface area (Å²) in [7, 11) is 0. The minimum Gasteiger partial charge on any atom is -0.294 e. The number of aromatic amines is 2. The zero-order chi connectivity index (χ0) is 14.7. The van der Waals surface area contributed by atoms with Gasteiger partial charge in [0.15, 0.2) is 5.69 Å². The van der Waals surface area contributed by atoms with Crippen LogP contribution in [0.5, 0.6) is 0 Å². The van der Waals surface area contributed by atoms with Gasteiger partial charge in [-0.2, -0.15) is 10.4 Å². The summed E-state index contributed by atoms with van der Waals surface area (Å²) in [6, 6.07) is 12.5. The second-order valence-electron chi connectivity index (χ2n) is 4.14. The molecule has 0 radical (unpaired) electrons. The fourth-order valence-corrected chi connectivity index (χ4v) is 2.48. The van der Waals surface area contributed by atoms with Crippen molar-refractivity contribution in [1.82, 2.24) is 10.2 Å². The van der Waals surface area contributed by atoms with Gasteiger partial charge in [-0.1, -0.05) is 6.07 Å². The molecule has 7 heteroatoms. The number of rotatable bonds is 3. The molecular weight excluding hydrogens is 286 g/mol. The lowest BCUT2D eigenvalue weighted by Gasteiger charge is -1.94. The molecule has 6 nitrogen and oxygen atoms in total. The zero-order valence-electron chi connectivity index (χ0n) is 10.7. The largest absolute Gasteiger partial charge is 0.294 e. The Morgan fingerprint density at radius 1 is 1.10 bits per heavy atom. The number of azo groups is 1. The van der Waals surface area contributed by atoms with Crippen LogP contribution in [0, 0.1) is 11.3 Å². The van der Waals surface area contributed by atoms with E-state index in [1.807, 2.05) is 23.6 Å². The fourth-order valence-electron chi connectivity index (χ4n) is 1.76. The number of hydrogen-bond acceptors (Lipinski definition) is 5. The van der Waals surface area contributed by atoms with E-state index in [2.05, 4.69) is 20.4 Å². The van der Waals surface area contributed by atoms with Crippen molar-refractivity contribution in [3.05, 3.63) is 57.7 Å². The van der Waals surface area contributed by atoms with Gasteiger partial charge in [0.25, 0.3) is 5.56 Å². The van der Waals surface area contributed by atoms with Crippen LogP contribution in [0.3, 0.4) is 0 Å². The SMILES string of the molecule is N#Cc1ccc(N=Nc2c(-c3cccs3)[nH][nH]c2=O)cc1. The van der Waals surface area contributed by atoms with E-state index in [-0.39, 0.29) is 11.2 Å². The molecule has 3 rings (SSSR count). The Bertz CT molecular complexity index is 865. The molecule has 0 unspecified atom stereocenters. The van der Waals surface area contributed by atoms with Crippen molar-refractivity contribution in [3.8, 4) is 16.6 Å². The number of nitrogens with one attached hydrogen (secondary N) is 2. The van der Waals surface area contributed by atoms with Crippen LogP contribution < -0.4 is 5.56 Å². The average Bonchev–Trinajstić information content (AvgIpc) is 3.15. The summed E-state index contributed by atoms with van der Waals surface area (Å²) in [5.74, 6) is 0. The van der Waals surface area contributed by atoms with Crippen molar-refractivity contribution in [2.45, 2.75) is 0 Å². The number of thiophene rings is 1. The van der Waals surface area contributed by atoms with Gasteiger partial charge in [-0.3, -0.25) is 15.0 Å². The number of aromatic nitrogens is 2. The van der Waals surface area contributed by atoms with Crippen molar-refractivity contribution in [3.63, 3.8) is 0 Å². The van der Waals surface area contributed by atoms with Crippen LogP contribution >= 0.6 is 11.3 Å². The summed E-state index contributed by atoms with van der Waals surface area (Å²) in [5, 5.41) is 24.0. The maximum atomic E-state index is 11.8. The quantitative estimate of drug-likeness (QED) is 0.720. The Balaban J connectivity index is 1.94. The summed E-state index contributed by atoms with van der Waals surface area (Å²) >= 11 is 1.50. The molecule has 0 saturated carbocycles. The summed E-state index contributed by atoms with van der Waals surface area (Å²) in [4.78, 5) is 12.7. The molecule has 1 aromatic carbocycles. The lowest BCUT2D eigenvalue weighted by molar-refractivity contribution is 1.06. The van der Waals surface area contributed by atoms with E-state index in [4.69, 9.17) is 5.26 Å². The lowest BCUT2D eigenvalue weighted by Crippen LogP contribution is -1.96. The molecule has 2 heterocycles. The van der Waals surface area contributed by atoms with Gasteiger partial charge in [0.2, 0.25) is 0 Å². The molecule has 0 aliphatic heterocycles. The number of nitrogens with zero attached hydrogens (tertiary/aromatic N) is 3. The lowest BCUT2D eigenvalue weighted by atomic mass is 10.2. The van der Waals surface area contributed by atoms with Crippen molar-refractivity contribution >= 4 is 22.7 Å². The standard InChI is InChI=1S/C14H9N5OS/c15-8-9-3-5-10(6-4-9)16-18-13-12(17-19-14(13)20)11-2-1-7-21-11/h1-7H,(H2,17,19,20). The number of hydrogen-bond donors (Lipinski definition) is 2. The molecule has 0 saturated heterocycles. The maximum absolute atomic E-state index is 11.8. The van der Waals surface area contributed by atoms with Crippen LogP contribution in [0.1, 0.15) is 5.56 Å². The van der Waals surface area contributed by atoms with E-state index in [1.54, 1.807) is 24.3 Å². The predicted octanol–water partition coefficient (Wildman–Crippen LogP) is 3.72. The van der Waals surface area contributed by atoms with Crippen LogP contribution in [0.15, 0.2) is 56.8 Å². The molecule has 2 N–H and O–H groups in total. The van der Waals surface area contributed by atoms with Crippen LogP contribution in [0.25, 0.3) is 10.6 Å². The summed E-state index contributed by atoms with van der Waals surface area (Å²) in [5.41, 5.74) is 1.66. The number of nitriles is 1. The molecular formula is C14H9N5OS. The molecule has 0 aliphatic rings. The van der Waals surface area contributed by atoms with Crippen LogP contribution in [-0.2, 0) is 0 Å². The summed E-state index contributed by atoms with van der Waals surface area (Å²) in [6.07, 6.45) is 0. The third-order valence-electron chi connectivity index (χ3n) is 2.78. The van der Waals surface area contributed by atoms with E-state index >= 15 is 0 Å². The molecule has 21 heavy (non-hydrogen) atoms. The average molecular weight is 295 g/mol. The Morgan fingerprint density at radius 3 is 2.57 bits per heavy atom. The molecule has 2 aromatic heterocycles. The predicted molar refractivity (Wildman–Crippen MR) is 80.1 cm³/mol. The molecule has 0 aliphatic carbocycles. The first-order valence-corrected chi connectivity index (χ1v) is 6.92. The third kappa shape index (κ3) is 2.66. The van der Waals surface area contributed by atoms with Gasteiger partial charge in [-0.05, 0) is 35.7 Å². The highest BCUT2D eigenvalue weighted by Crippen LogP contribution is 2.29. The highest BCUT2D eigenvalue weighted by atomic mass is 32.1. The first-order valence-electron chi connectivity index (χ1n) is 6.04. The van der Waals surface area contributed by atoms with Crippen LogP contribution in [0.2, 0.25) is 0 Å².